The summed E-state index contributed by atoms with van der Waals surface area (Å²) in [6.45, 7) is 27.0. The standard InChI is InChI=1S/C27H36O3Si.3CO.Cr/c1-19(2)31(20(3)4,21(5)6)25(18-28)26(22-13-10-9-11-14-22)27(30-8)23-15-12-16-24(17-23)29-7;3*1-2;/h9-17,19-21H,1-8H3;;;;/b27-26+;;;;. The fourth-order valence-corrected chi connectivity index (χ4v) is 11.9. The van der Waals surface area contributed by atoms with E-state index in [2.05, 4.69) is 67.4 Å². The van der Waals surface area contributed by atoms with E-state index in [0.29, 0.717) is 22.4 Å². The van der Waals surface area contributed by atoms with E-state index in [9.17, 15) is 4.79 Å². The third-order valence-electron chi connectivity index (χ3n) is 6.48. The fraction of sp³-hybridized carbons (Fsp3) is 0.367. The zero-order valence-corrected chi connectivity index (χ0v) is 25.6. The molecular formula is C30H36CrO6Si. The first-order valence-corrected chi connectivity index (χ1v) is 13.8. The molecule has 2 aromatic rings. The molecule has 0 unspecified atom stereocenters. The Morgan fingerprint density at radius 1 is 0.763 bits per heavy atom. The summed E-state index contributed by atoms with van der Waals surface area (Å²) in [4.78, 5) is 12.8. The number of hydrogen-bond donors (Lipinski definition) is 0. The largest absolute Gasteiger partial charge is 0 e. The zero-order valence-electron chi connectivity index (χ0n) is 23.3. The van der Waals surface area contributed by atoms with Gasteiger partial charge in [-0.25, -0.2) is 4.79 Å². The second-order valence-corrected chi connectivity index (χ2v) is 14.7. The van der Waals surface area contributed by atoms with Gasteiger partial charge in [0.1, 0.15) is 25.5 Å². The van der Waals surface area contributed by atoms with Crippen molar-refractivity contribution < 1.29 is 45.6 Å². The molecule has 0 aliphatic heterocycles. The van der Waals surface area contributed by atoms with Crippen molar-refractivity contribution in [1.82, 2.24) is 0 Å². The van der Waals surface area contributed by atoms with Crippen molar-refractivity contribution in [1.29, 1.82) is 0 Å². The summed E-state index contributed by atoms with van der Waals surface area (Å²) in [6.07, 6.45) is 0. The zero-order chi connectivity index (χ0) is 29.2. The van der Waals surface area contributed by atoms with Crippen molar-refractivity contribution in [2.75, 3.05) is 14.2 Å². The summed E-state index contributed by atoms with van der Waals surface area (Å²) < 4.78 is 34.0. The van der Waals surface area contributed by atoms with Crippen molar-refractivity contribution in [3.05, 3.63) is 90.9 Å². The number of ether oxygens (including phenoxy) is 2. The van der Waals surface area contributed by atoms with Crippen LogP contribution in [0, 0.1) is 20.0 Å². The predicted octanol–water partition coefficient (Wildman–Crippen LogP) is 7.07. The van der Waals surface area contributed by atoms with Gasteiger partial charge in [-0.1, -0.05) is 84.0 Å². The van der Waals surface area contributed by atoms with Gasteiger partial charge in [0.15, 0.2) is 0 Å². The van der Waals surface area contributed by atoms with Crippen molar-refractivity contribution in [2.45, 2.75) is 58.2 Å². The molecular weight excluding hydrogens is 536 g/mol. The van der Waals surface area contributed by atoms with E-state index in [-0.39, 0.29) is 17.4 Å². The van der Waals surface area contributed by atoms with Crippen molar-refractivity contribution >= 4 is 25.3 Å². The number of carbonyl (C=O) groups excluding carboxylic acids is 1. The van der Waals surface area contributed by atoms with Crippen LogP contribution < -0.4 is 4.74 Å². The normalized spacial score (nSPS) is 10.4. The second-order valence-electron chi connectivity index (χ2n) is 8.88. The van der Waals surface area contributed by atoms with Gasteiger partial charge in [-0.15, -0.1) is 0 Å². The number of hydrogen-bond acceptors (Lipinski definition) is 3. The molecule has 202 valence electrons. The van der Waals surface area contributed by atoms with E-state index < -0.39 is 8.07 Å². The Balaban J connectivity index is -0.00000163. The quantitative estimate of drug-likeness (QED) is 0.0612. The van der Waals surface area contributed by atoms with E-state index in [1.165, 1.54) is 0 Å². The van der Waals surface area contributed by atoms with Crippen molar-refractivity contribution in [3.63, 3.8) is 0 Å². The minimum atomic E-state index is -2.31. The molecule has 38 heavy (non-hydrogen) atoms. The summed E-state index contributed by atoms with van der Waals surface area (Å²) >= 11 is 0. The van der Waals surface area contributed by atoms with E-state index in [1.54, 1.807) is 14.2 Å². The molecule has 6 nitrogen and oxygen atoms in total. The molecule has 0 saturated carbocycles. The first-order valence-electron chi connectivity index (χ1n) is 11.6. The molecule has 2 rings (SSSR count). The summed E-state index contributed by atoms with van der Waals surface area (Å²) in [7, 11) is 1.01. The molecule has 0 bridgehead atoms. The van der Waals surface area contributed by atoms with Gasteiger partial charge >= 0.3 is 33.9 Å². The third-order valence-corrected chi connectivity index (χ3v) is 13.4. The SMILES string of the molecule is CO/C(=C(/C(=C=O)[Si](C(C)C)(C(C)C)C(C)C)c1ccccc1)c1cccc(OC)c1.[C-]#[O+].[C-]#[O+].[C-]#[O+].[Cr]. The fourth-order valence-electron chi connectivity index (χ4n) is 5.34. The van der Waals surface area contributed by atoms with Crippen LogP contribution in [0.25, 0.3) is 11.3 Å². The maximum absolute atomic E-state index is 12.8. The van der Waals surface area contributed by atoms with Crippen LogP contribution >= 0.6 is 0 Å². The van der Waals surface area contributed by atoms with Crippen LogP contribution in [0.2, 0.25) is 16.6 Å². The maximum atomic E-state index is 12.8. The molecule has 0 fully saturated rings. The molecule has 0 N–H and O–H groups in total. The Morgan fingerprint density at radius 3 is 1.58 bits per heavy atom. The van der Waals surface area contributed by atoms with Crippen LogP contribution in [0.4, 0.5) is 0 Å². The van der Waals surface area contributed by atoms with Crippen LogP contribution in [0.3, 0.4) is 0 Å². The number of rotatable bonds is 9. The van der Waals surface area contributed by atoms with Crippen LogP contribution in [-0.2, 0) is 40.8 Å². The maximum Gasteiger partial charge on any atom is 0 e. The molecule has 8 heteroatoms. The second kappa shape index (κ2) is 21.2. The van der Waals surface area contributed by atoms with E-state index >= 15 is 0 Å². The van der Waals surface area contributed by atoms with Gasteiger partial charge in [0.25, 0.3) is 0 Å². The Labute approximate surface area is 239 Å². The van der Waals surface area contributed by atoms with Crippen LogP contribution in [0.5, 0.6) is 5.75 Å². The van der Waals surface area contributed by atoms with Crippen LogP contribution in [-0.4, -0.2) is 28.2 Å². The van der Waals surface area contributed by atoms with Gasteiger partial charge in [0, 0.05) is 33.7 Å². The minimum Gasteiger partial charge on any atom is 0 e. The molecule has 0 amide bonds. The Hall–Kier alpha value is -2.80. The Bertz CT molecular complexity index is 1060. The topological polar surface area (TPSA) is 95.2 Å². The molecule has 0 aliphatic rings. The molecule has 0 aromatic heterocycles. The van der Waals surface area contributed by atoms with Gasteiger partial charge in [-0.05, 0) is 34.3 Å². The average Bonchev–Trinajstić information content (AvgIpc) is 2.93. The molecule has 0 aliphatic carbocycles. The van der Waals surface area contributed by atoms with E-state index in [0.717, 1.165) is 27.6 Å². The number of allylic oxidation sites excluding steroid dienone is 2. The van der Waals surface area contributed by atoms with Gasteiger partial charge in [-0.2, -0.15) is 0 Å². The van der Waals surface area contributed by atoms with Gasteiger partial charge < -0.3 is 9.47 Å². The predicted molar refractivity (Wildman–Crippen MR) is 145 cm³/mol. The number of benzene rings is 2. The molecule has 0 radical (unpaired) electrons. The Morgan fingerprint density at radius 2 is 1.21 bits per heavy atom. The Kier molecular flexibility index (Phi) is 22.1. The summed E-state index contributed by atoms with van der Waals surface area (Å²) in [5.74, 6) is 3.89. The number of methoxy groups -OCH3 is 2. The third kappa shape index (κ3) is 9.19. The van der Waals surface area contributed by atoms with Crippen LogP contribution in [0.1, 0.15) is 52.7 Å². The minimum absolute atomic E-state index is 0. The van der Waals surface area contributed by atoms with Crippen molar-refractivity contribution in [3.8, 4) is 5.75 Å². The molecule has 0 spiro atoms. The molecule has 0 atom stereocenters. The smallest absolute Gasteiger partial charge is 0 e. The van der Waals surface area contributed by atoms with Crippen LogP contribution in [0.15, 0.2) is 59.8 Å². The summed E-state index contributed by atoms with van der Waals surface area (Å²) in [5.41, 5.74) is 3.81. The van der Waals surface area contributed by atoms with Gasteiger partial charge in [0.2, 0.25) is 0 Å². The summed E-state index contributed by atoms with van der Waals surface area (Å²) in [5, 5.41) is 0.804. The first kappa shape index (κ1) is 39.7. The molecule has 2 aromatic carbocycles. The van der Waals surface area contributed by atoms with Crippen molar-refractivity contribution in [2.24, 2.45) is 0 Å². The van der Waals surface area contributed by atoms with Gasteiger partial charge in [0.05, 0.1) is 14.2 Å². The average molecular weight is 573 g/mol. The van der Waals surface area contributed by atoms with Gasteiger partial charge in [-0.3, -0.25) is 0 Å². The molecule has 0 heterocycles. The van der Waals surface area contributed by atoms with E-state index in [1.807, 2.05) is 54.6 Å². The monoisotopic (exact) mass is 572 g/mol. The summed E-state index contributed by atoms with van der Waals surface area (Å²) in [6, 6.07) is 17.9. The first-order chi connectivity index (χ1) is 17.7. The van der Waals surface area contributed by atoms with E-state index in [4.69, 9.17) is 23.4 Å². The molecule has 0 saturated heterocycles.